The summed E-state index contributed by atoms with van der Waals surface area (Å²) in [4.78, 5) is 38.2. The van der Waals surface area contributed by atoms with Gasteiger partial charge in [-0.3, -0.25) is 9.59 Å². The summed E-state index contributed by atoms with van der Waals surface area (Å²) in [6, 6.07) is 0. The summed E-state index contributed by atoms with van der Waals surface area (Å²) in [5.74, 6) is -1.31. The number of carbonyl (C=O) groups excluding carboxylic acids is 3. The molecule has 3 aliphatic heterocycles. The van der Waals surface area contributed by atoms with Gasteiger partial charge < -0.3 is 24.1 Å². The summed E-state index contributed by atoms with van der Waals surface area (Å²) in [7, 11) is 1.40. The highest BCUT2D eigenvalue weighted by Gasteiger charge is 2.74. The van der Waals surface area contributed by atoms with Crippen molar-refractivity contribution >= 4 is 17.7 Å². The fourth-order valence-electron chi connectivity index (χ4n) is 8.73. The Kier molecular flexibility index (Phi) is 4.72. The van der Waals surface area contributed by atoms with Crippen LogP contribution >= 0.6 is 0 Å². The van der Waals surface area contributed by atoms with Crippen molar-refractivity contribution in [3.8, 4) is 0 Å². The van der Waals surface area contributed by atoms with Crippen molar-refractivity contribution in [1.29, 1.82) is 0 Å². The van der Waals surface area contributed by atoms with Crippen LogP contribution in [-0.2, 0) is 33.3 Å². The molecule has 1 saturated carbocycles. The molecule has 0 amide bonds. The number of esters is 2. The van der Waals surface area contributed by atoms with E-state index in [1.54, 1.807) is 6.08 Å². The van der Waals surface area contributed by atoms with Crippen LogP contribution in [0.1, 0.15) is 40.5 Å². The molecule has 6 rings (SSSR count). The van der Waals surface area contributed by atoms with E-state index in [-0.39, 0.29) is 54.2 Å². The molecule has 6 aliphatic rings. The van der Waals surface area contributed by atoms with Crippen molar-refractivity contribution in [3.05, 3.63) is 34.9 Å². The average molecular weight is 485 g/mol. The highest BCUT2D eigenvalue weighted by atomic mass is 16.6. The zero-order valence-electron chi connectivity index (χ0n) is 20.7. The van der Waals surface area contributed by atoms with E-state index >= 15 is 0 Å². The lowest BCUT2D eigenvalue weighted by Crippen LogP contribution is -2.64. The van der Waals surface area contributed by atoms with Crippen LogP contribution in [0.5, 0.6) is 0 Å². The van der Waals surface area contributed by atoms with Crippen molar-refractivity contribution in [3.63, 3.8) is 0 Å². The SMILES string of the molecule is COC(=O)CC1C2(C)C=CC(=O)C3(C)COC(C32)C2OC3CC(C4=CC(O)OC4=O)C(C)=C3C21C. The Hall–Kier alpha value is -2.29. The van der Waals surface area contributed by atoms with E-state index in [0.29, 0.717) is 18.6 Å². The molecular weight excluding hydrogens is 452 g/mol. The largest absolute Gasteiger partial charge is 0.469 e. The van der Waals surface area contributed by atoms with Crippen LogP contribution in [0.25, 0.3) is 0 Å². The number of carbonyl (C=O) groups is 3. The zero-order valence-corrected chi connectivity index (χ0v) is 20.7. The number of fused-ring (bicyclic) bond motifs is 4. The number of cyclic esters (lactones) is 1. The van der Waals surface area contributed by atoms with Gasteiger partial charge in [0.05, 0.1) is 43.9 Å². The zero-order chi connectivity index (χ0) is 25.1. The lowest BCUT2D eigenvalue weighted by molar-refractivity contribution is -0.178. The molecule has 0 spiro atoms. The molecule has 3 fully saturated rings. The van der Waals surface area contributed by atoms with E-state index < -0.39 is 28.5 Å². The van der Waals surface area contributed by atoms with Gasteiger partial charge in [0.25, 0.3) is 0 Å². The molecule has 0 radical (unpaired) electrons. The number of rotatable bonds is 3. The predicted octanol–water partition coefficient (Wildman–Crippen LogP) is 2.26. The van der Waals surface area contributed by atoms with Crippen molar-refractivity contribution in [2.45, 2.75) is 65.1 Å². The van der Waals surface area contributed by atoms with Crippen molar-refractivity contribution in [1.82, 2.24) is 0 Å². The van der Waals surface area contributed by atoms with Crippen LogP contribution < -0.4 is 0 Å². The predicted molar refractivity (Wildman–Crippen MR) is 121 cm³/mol. The lowest BCUT2D eigenvalue weighted by Gasteiger charge is -2.60. The van der Waals surface area contributed by atoms with E-state index in [9.17, 15) is 19.5 Å². The average Bonchev–Trinajstić information content (AvgIpc) is 3.51. The Morgan fingerprint density at radius 3 is 2.66 bits per heavy atom. The van der Waals surface area contributed by atoms with E-state index in [4.69, 9.17) is 18.9 Å². The first-order chi connectivity index (χ1) is 16.5. The van der Waals surface area contributed by atoms with Crippen LogP contribution in [0.4, 0.5) is 0 Å². The quantitative estimate of drug-likeness (QED) is 0.480. The standard InChI is InChI=1S/C27H32O8/c1-12-13(14-9-19(30)35-24(14)31)8-15-20(12)27(4)16(10-18(29)32-5)25(2)7-6-17(28)26(3)11-33-21(22(25)26)23(27)34-15/h6-7,9,13,15-16,19,21-23,30H,8,10-11H2,1-5H3. The number of methoxy groups -OCH3 is 1. The van der Waals surface area contributed by atoms with Gasteiger partial charge >= 0.3 is 11.9 Å². The Morgan fingerprint density at radius 2 is 2.00 bits per heavy atom. The summed E-state index contributed by atoms with van der Waals surface area (Å²) < 4.78 is 23.2. The number of aliphatic hydroxyl groups is 1. The fourth-order valence-corrected chi connectivity index (χ4v) is 8.73. The summed E-state index contributed by atoms with van der Waals surface area (Å²) in [6.07, 6.45) is 3.77. The van der Waals surface area contributed by atoms with Gasteiger partial charge in [-0.05, 0) is 49.3 Å². The minimum absolute atomic E-state index is 0.0572. The normalized spacial score (nSPS) is 49.5. The summed E-state index contributed by atoms with van der Waals surface area (Å²) in [6.45, 7) is 8.59. The van der Waals surface area contributed by atoms with Gasteiger partial charge in [0.2, 0.25) is 6.29 Å². The minimum Gasteiger partial charge on any atom is -0.469 e. The van der Waals surface area contributed by atoms with Crippen LogP contribution in [0, 0.1) is 34.0 Å². The smallest absolute Gasteiger partial charge is 0.337 e. The molecule has 0 aromatic heterocycles. The molecule has 1 N–H and O–H groups in total. The van der Waals surface area contributed by atoms with Gasteiger partial charge in [-0.2, -0.15) is 0 Å². The van der Waals surface area contributed by atoms with Crippen LogP contribution in [0.2, 0.25) is 0 Å². The maximum Gasteiger partial charge on any atom is 0.337 e. The van der Waals surface area contributed by atoms with Crippen LogP contribution in [-0.4, -0.2) is 61.1 Å². The molecule has 35 heavy (non-hydrogen) atoms. The number of ketones is 1. The fraction of sp³-hybridized carbons (Fsp3) is 0.667. The second-order valence-corrected chi connectivity index (χ2v) is 11.7. The Labute approximate surface area is 204 Å². The number of aliphatic hydroxyl groups excluding tert-OH is 1. The molecule has 188 valence electrons. The van der Waals surface area contributed by atoms with E-state index in [1.165, 1.54) is 13.2 Å². The van der Waals surface area contributed by atoms with Crippen molar-refractivity contribution < 1.29 is 38.4 Å². The molecule has 3 aliphatic carbocycles. The van der Waals surface area contributed by atoms with E-state index in [1.807, 2.05) is 19.9 Å². The molecule has 10 unspecified atom stereocenters. The first-order valence-corrected chi connectivity index (χ1v) is 12.4. The van der Waals surface area contributed by atoms with Gasteiger partial charge in [-0.25, -0.2) is 4.79 Å². The molecule has 8 nitrogen and oxygen atoms in total. The third-order valence-corrected chi connectivity index (χ3v) is 10.2. The van der Waals surface area contributed by atoms with Gasteiger partial charge in [-0.1, -0.05) is 25.5 Å². The third kappa shape index (κ3) is 2.71. The van der Waals surface area contributed by atoms with E-state index in [2.05, 4.69) is 13.8 Å². The van der Waals surface area contributed by atoms with Crippen molar-refractivity contribution in [2.24, 2.45) is 34.0 Å². The maximum absolute atomic E-state index is 13.0. The second-order valence-electron chi connectivity index (χ2n) is 11.7. The van der Waals surface area contributed by atoms with Crippen molar-refractivity contribution in [2.75, 3.05) is 13.7 Å². The first-order valence-electron chi connectivity index (χ1n) is 12.4. The molecule has 3 heterocycles. The number of allylic oxidation sites excluding steroid dienone is 3. The van der Waals surface area contributed by atoms with E-state index in [0.717, 1.165) is 11.1 Å². The number of hydrogen-bond acceptors (Lipinski definition) is 8. The monoisotopic (exact) mass is 484 g/mol. The van der Waals surface area contributed by atoms with Gasteiger partial charge in [0.15, 0.2) is 5.78 Å². The Balaban J connectivity index is 1.52. The lowest BCUT2D eigenvalue weighted by atomic mass is 9.42. The molecule has 2 saturated heterocycles. The molecule has 8 heteroatoms. The molecule has 0 aromatic carbocycles. The van der Waals surface area contributed by atoms with Gasteiger partial charge in [-0.15, -0.1) is 0 Å². The first kappa shape index (κ1) is 23.1. The summed E-state index contributed by atoms with van der Waals surface area (Å²) in [5, 5.41) is 9.84. The highest BCUT2D eigenvalue weighted by molar-refractivity contribution is 5.97. The molecule has 0 bridgehead atoms. The topological polar surface area (TPSA) is 108 Å². The molecule has 10 atom stereocenters. The van der Waals surface area contributed by atoms with Gasteiger partial charge in [0.1, 0.15) is 0 Å². The number of hydrogen-bond donors (Lipinski definition) is 1. The Morgan fingerprint density at radius 1 is 1.26 bits per heavy atom. The number of ether oxygens (including phenoxy) is 4. The molecule has 0 aromatic rings. The third-order valence-electron chi connectivity index (χ3n) is 10.2. The highest BCUT2D eigenvalue weighted by Crippen LogP contribution is 2.71. The minimum atomic E-state index is -1.23. The van der Waals surface area contributed by atoms with Crippen LogP contribution in [0.3, 0.4) is 0 Å². The summed E-state index contributed by atoms with van der Waals surface area (Å²) >= 11 is 0. The Bertz CT molecular complexity index is 1130. The van der Waals surface area contributed by atoms with Gasteiger partial charge in [0, 0.05) is 22.8 Å². The summed E-state index contributed by atoms with van der Waals surface area (Å²) in [5.41, 5.74) is 0.813. The van der Waals surface area contributed by atoms with Crippen LogP contribution in [0.15, 0.2) is 34.9 Å². The second kappa shape index (κ2) is 7.14. The maximum atomic E-state index is 13.0. The molecular formula is C27H32O8.